The summed E-state index contributed by atoms with van der Waals surface area (Å²) in [7, 11) is -1.84. The molecule has 1 aromatic rings. The van der Waals surface area contributed by atoms with E-state index in [1.54, 1.807) is 0 Å². The number of benzene rings is 1. The van der Waals surface area contributed by atoms with Crippen molar-refractivity contribution >= 4 is 10.4 Å². The van der Waals surface area contributed by atoms with E-state index in [-0.39, 0.29) is 22.4 Å². The molecule has 12 heavy (non-hydrogen) atoms. The topological polar surface area (TPSA) is 52.5 Å². The molecule has 0 fully saturated rings. The summed E-state index contributed by atoms with van der Waals surface area (Å²) in [6, 6.07) is 9.55. The van der Waals surface area contributed by atoms with Crippen LogP contribution in [0.3, 0.4) is 0 Å². The van der Waals surface area contributed by atoms with Gasteiger partial charge < -0.3 is 0 Å². The molecule has 0 aliphatic carbocycles. The van der Waals surface area contributed by atoms with E-state index in [1.165, 1.54) is 0 Å². The summed E-state index contributed by atoms with van der Waals surface area (Å²) in [5.41, 5.74) is 0. The molecule has 1 rings (SSSR count). The molecule has 0 saturated heterocycles. The van der Waals surface area contributed by atoms with Crippen molar-refractivity contribution < 1.29 is 60.0 Å². The molecule has 0 radical (unpaired) electrons. The zero-order valence-corrected chi connectivity index (χ0v) is 13.2. The van der Waals surface area contributed by atoms with E-state index < -0.39 is 32.4 Å². The molecular weight excluding hydrogens is 439 g/mol. The van der Waals surface area contributed by atoms with Crippen LogP contribution in [0.5, 0.6) is 0 Å². The predicted molar refractivity (Wildman–Crippen MR) is 35.1 cm³/mol. The first-order valence-corrected chi connectivity index (χ1v) is 8.28. The van der Waals surface area contributed by atoms with E-state index in [0.29, 0.717) is 0 Å². The van der Waals surface area contributed by atoms with E-state index in [4.69, 9.17) is 5.02 Å². The van der Waals surface area contributed by atoms with Crippen LogP contribution in [0.15, 0.2) is 30.3 Å². The van der Waals surface area contributed by atoms with Gasteiger partial charge in [-0.25, -0.2) is 0 Å². The van der Waals surface area contributed by atoms with Crippen LogP contribution in [-0.4, -0.2) is 12.3 Å². The van der Waals surface area contributed by atoms with Crippen molar-refractivity contribution in [3.8, 4) is 0 Å². The Kier molecular flexibility index (Phi) is 7.77. The second-order valence-corrected chi connectivity index (χ2v) is 7.70. The van der Waals surface area contributed by atoms with Crippen molar-refractivity contribution in [3.05, 3.63) is 30.3 Å². The summed E-state index contributed by atoms with van der Waals surface area (Å²) in [5.74, 6) is 0. The average Bonchev–Trinajstić information content (AvgIpc) is 2.03. The van der Waals surface area contributed by atoms with Gasteiger partial charge in [0.15, 0.2) is 0 Å². The van der Waals surface area contributed by atoms with E-state index in [9.17, 15) is 5.02 Å². The van der Waals surface area contributed by atoms with Gasteiger partial charge in [-0.2, -0.15) is 0 Å². The summed E-state index contributed by atoms with van der Waals surface area (Å²) >= 11 is -1.73. The van der Waals surface area contributed by atoms with Crippen molar-refractivity contribution in [2.45, 2.75) is 0 Å². The van der Waals surface area contributed by atoms with E-state index >= 15 is 0 Å². The Morgan fingerprint density at radius 3 is 2.42 bits per heavy atom. The van der Waals surface area contributed by atoms with Crippen LogP contribution in [0.25, 0.3) is 0 Å². The Labute approximate surface area is 99.9 Å². The third-order valence-corrected chi connectivity index (χ3v) is 6.12. The van der Waals surface area contributed by atoms with Gasteiger partial charge in [-0.1, -0.05) is 0 Å². The molecule has 0 aromatic heterocycles. The third kappa shape index (κ3) is 5.48. The molecule has 1 aromatic carbocycles. The van der Waals surface area contributed by atoms with Crippen molar-refractivity contribution in [2.75, 3.05) is 0 Å². The molecule has 0 aliphatic heterocycles. The van der Waals surface area contributed by atoms with Crippen LogP contribution in [0.1, 0.15) is 0 Å². The molecule has 0 saturated carbocycles. The first-order valence-electron chi connectivity index (χ1n) is 3.28. The number of hydrogen-bond donors (Lipinski definition) is 1. The molecule has 64 valence electrons. The van der Waals surface area contributed by atoms with Crippen molar-refractivity contribution in [1.29, 1.82) is 0 Å². The Balaban J connectivity index is 0.00000121. The standard InChI is InChI=1S/C6H5.Ag.BHO3.Hg/c1-2-4-6-5-3-1;;2-1(3)4;/h1-5H;;2H;/q;+1;-2;+1. The minimum absolute atomic E-state index is 0. The van der Waals surface area contributed by atoms with Crippen LogP contribution in [0, 0.1) is 0 Å². The molecule has 1 N–H and O–H groups in total. The Morgan fingerprint density at radius 2 is 1.92 bits per heavy atom. The fourth-order valence-electron chi connectivity index (χ4n) is 0.742. The molecule has 0 amide bonds. The van der Waals surface area contributed by atoms with Gasteiger partial charge in [-0.05, 0) is 0 Å². The minimum atomic E-state index is -1.84. The van der Waals surface area contributed by atoms with Gasteiger partial charge in [0.25, 0.3) is 0 Å². The first kappa shape index (κ1) is 12.8. The maximum absolute atomic E-state index is 10.1. The molecule has 0 unspecified atom stereocenters. The van der Waals surface area contributed by atoms with E-state index in [0.717, 1.165) is 3.07 Å². The van der Waals surface area contributed by atoms with Crippen LogP contribution in [-0.2, 0) is 50.0 Å². The zero-order valence-electron chi connectivity index (χ0n) is 6.24. The Hall–Kier alpha value is 0.840. The predicted octanol–water partition coefficient (Wildman–Crippen LogP) is -1.34. The molecule has 0 spiro atoms. The summed E-state index contributed by atoms with van der Waals surface area (Å²) in [5, 5.41) is 18.4. The number of hydrogen-bond acceptors (Lipinski definition) is 3. The Bertz CT molecular complexity index is 209. The third-order valence-electron chi connectivity index (χ3n) is 1.24. The molecule has 3 nitrogen and oxygen atoms in total. The van der Waals surface area contributed by atoms with Crippen molar-refractivity contribution in [3.63, 3.8) is 0 Å². The van der Waals surface area contributed by atoms with Crippen molar-refractivity contribution in [1.82, 2.24) is 0 Å². The fraction of sp³-hybridized carbons (Fsp3) is 0. The van der Waals surface area contributed by atoms with Crippen LogP contribution < -0.4 is 8.10 Å². The normalized spacial score (nSPS) is 8.17. The molecule has 0 heterocycles. The maximum atomic E-state index is 10.1. The quantitative estimate of drug-likeness (QED) is 0.587. The van der Waals surface area contributed by atoms with Gasteiger partial charge in [0.05, 0.1) is 0 Å². The van der Waals surface area contributed by atoms with Gasteiger partial charge in [-0.15, -0.1) is 0 Å². The summed E-state index contributed by atoms with van der Waals surface area (Å²) < 4.78 is 5.75. The molecule has 0 atom stereocenters. The second-order valence-electron chi connectivity index (χ2n) is 2.10. The van der Waals surface area contributed by atoms with E-state index in [2.05, 4.69) is 2.56 Å². The zero-order chi connectivity index (χ0) is 8.10. The van der Waals surface area contributed by atoms with Gasteiger partial charge in [0, 0.05) is 0 Å². The van der Waals surface area contributed by atoms with Gasteiger partial charge in [-0.3, -0.25) is 0 Å². The average molecular weight is 445 g/mol. The Morgan fingerprint density at radius 1 is 1.33 bits per heavy atom. The first-order chi connectivity index (χ1) is 5.29. The van der Waals surface area contributed by atoms with E-state index in [1.807, 2.05) is 30.3 Å². The number of rotatable bonds is 3. The van der Waals surface area contributed by atoms with Crippen LogP contribution in [0.2, 0.25) is 0 Å². The van der Waals surface area contributed by atoms with Gasteiger partial charge in [0.2, 0.25) is 0 Å². The van der Waals surface area contributed by atoms with Crippen LogP contribution >= 0.6 is 0 Å². The molecular formula is C6H6AgBHgO3. The summed E-state index contributed by atoms with van der Waals surface area (Å²) in [4.78, 5) is 0. The van der Waals surface area contributed by atoms with Gasteiger partial charge in [0.1, 0.15) is 0 Å². The fourth-order valence-corrected chi connectivity index (χ4v) is 3.85. The summed E-state index contributed by atoms with van der Waals surface area (Å²) in [6.07, 6.45) is 0. The second kappa shape index (κ2) is 7.26. The molecule has 6 heteroatoms. The van der Waals surface area contributed by atoms with Crippen LogP contribution in [0.4, 0.5) is 0 Å². The monoisotopic (exact) mass is 446 g/mol. The SMILES string of the molecule is [Ag+].[O-]B(O)[O][Hg][c]1ccccc1. The molecule has 0 aliphatic rings. The summed E-state index contributed by atoms with van der Waals surface area (Å²) in [6.45, 7) is 0. The van der Waals surface area contributed by atoms with Gasteiger partial charge >= 0.3 is 101 Å². The van der Waals surface area contributed by atoms with Crippen molar-refractivity contribution in [2.24, 2.45) is 0 Å². The molecule has 0 bridgehead atoms.